The number of hydrogen-bond donors (Lipinski definition) is 1. The van der Waals surface area contributed by atoms with Gasteiger partial charge in [0.1, 0.15) is 0 Å². The summed E-state index contributed by atoms with van der Waals surface area (Å²) >= 11 is 0. The first-order valence-electron chi connectivity index (χ1n) is 7.30. The fourth-order valence-corrected chi connectivity index (χ4v) is 2.69. The Morgan fingerprint density at radius 1 is 1.35 bits per heavy atom. The van der Waals surface area contributed by atoms with Crippen LogP contribution in [0.5, 0.6) is 0 Å². The van der Waals surface area contributed by atoms with E-state index >= 15 is 0 Å². The molecular weight excluding hydrogens is 250 g/mol. The van der Waals surface area contributed by atoms with Crippen LogP contribution in [-0.2, 0) is 0 Å². The predicted octanol–water partition coefficient (Wildman–Crippen LogP) is 2.18. The maximum Gasteiger partial charge on any atom is 0.243 e. The summed E-state index contributed by atoms with van der Waals surface area (Å²) in [5.74, 6) is 0.732. The zero-order valence-corrected chi connectivity index (χ0v) is 12.6. The molecule has 3 rings (SSSR count). The van der Waals surface area contributed by atoms with Crippen molar-refractivity contribution in [2.75, 3.05) is 32.0 Å². The molecule has 0 unspecified atom stereocenters. The van der Waals surface area contributed by atoms with E-state index in [0.29, 0.717) is 5.41 Å². The van der Waals surface area contributed by atoms with E-state index in [1.54, 1.807) is 0 Å². The van der Waals surface area contributed by atoms with Gasteiger partial charge in [0.05, 0.1) is 0 Å². The van der Waals surface area contributed by atoms with Crippen LogP contribution in [0, 0.1) is 12.3 Å². The third kappa shape index (κ3) is 2.77. The normalized spacial score (nSPS) is 19.4. The van der Waals surface area contributed by atoms with Crippen molar-refractivity contribution in [3.63, 3.8) is 0 Å². The molecule has 0 bridgehead atoms. The van der Waals surface area contributed by atoms with Crippen molar-refractivity contribution < 1.29 is 0 Å². The van der Waals surface area contributed by atoms with E-state index in [9.17, 15) is 0 Å². The Labute approximate surface area is 120 Å². The monoisotopic (exact) mass is 273 g/mol. The lowest BCUT2D eigenvalue weighted by Gasteiger charge is -2.37. The number of pyridine rings is 1. The highest BCUT2D eigenvalue weighted by Crippen LogP contribution is 2.30. The van der Waals surface area contributed by atoms with E-state index in [0.717, 1.165) is 18.1 Å². The van der Waals surface area contributed by atoms with E-state index in [2.05, 4.69) is 47.3 Å². The van der Waals surface area contributed by atoms with E-state index < -0.39 is 0 Å². The molecule has 0 radical (unpaired) electrons. The molecule has 108 valence electrons. The third-order valence-electron chi connectivity index (χ3n) is 4.36. The summed E-state index contributed by atoms with van der Waals surface area (Å²) in [4.78, 5) is 6.93. The minimum atomic E-state index is 0.347. The second kappa shape index (κ2) is 5.05. The van der Waals surface area contributed by atoms with E-state index in [-0.39, 0.29) is 0 Å². The zero-order valence-electron chi connectivity index (χ0n) is 12.6. The first kappa shape index (κ1) is 13.4. The number of anilines is 1. The molecule has 2 aromatic rings. The van der Waals surface area contributed by atoms with Gasteiger partial charge in [-0.2, -0.15) is 4.98 Å². The molecule has 0 spiro atoms. The highest BCUT2D eigenvalue weighted by Gasteiger charge is 2.28. The minimum absolute atomic E-state index is 0.347. The molecule has 0 saturated carbocycles. The average molecular weight is 273 g/mol. The molecule has 1 aliphatic heterocycles. The van der Waals surface area contributed by atoms with Gasteiger partial charge in [-0.25, -0.2) is 4.52 Å². The molecule has 0 aliphatic carbocycles. The molecular formula is C15H23N5. The summed E-state index contributed by atoms with van der Waals surface area (Å²) < 4.78 is 1.83. The molecule has 0 amide bonds. The van der Waals surface area contributed by atoms with Gasteiger partial charge in [0.15, 0.2) is 5.65 Å². The standard InChI is InChI=1S/C15H23N5/c1-12-4-7-20-13(10-12)17-14(18-20)16-11-15(2)5-8-19(3)9-6-15/h4,7,10H,5-6,8-9,11H2,1-3H3,(H,16,18). The van der Waals surface area contributed by atoms with Crippen molar-refractivity contribution in [2.45, 2.75) is 26.7 Å². The molecule has 20 heavy (non-hydrogen) atoms. The fourth-order valence-electron chi connectivity index (χ4n) is 2.69. The van der Waals surface area contributed by atoms with Crippen LogP contribution in [-0.4, -0.2) is 46.2 Å². The van der Waals surface area contributed by atoms with Crippen molar-refractivity contribution in [2.24, 2.45) is 5.41 Å². The van der Waals surface area contributed by atoms with Crippen LogP contribution in [0.4, 0.5) is 5.95 Å². The Morgan fingerprint density at radius 3 is 2.85 bits per heavy atom. The summed E-state index contributed by atoms with van der Waals surface area (Å²) in [7, 11) is 2.19. The summed E-state index contributed by atoms with van der Waals surface area (Å²) in [5.41, 5.74) is 2.46. The van der Waals surface area contributed by atoms with Gasteiger partial charge in [-0.15, -0.1) is 5.10 Å². The highest BCUT2D eigenvalue weighted by atomic mass is 15.3. The van der Waals surface area contributed by atoms with Crippen LogP contribution >= 0.6 is 0 Å². The topological polar surface area (TPSA) is 45.5 Å². The maximum absolute atomic E-state index is 4.53. The summed E-state index contributed by atoms with van der Waals surface area (Å²) in [5, 5.41) is 7.89. The van der Waals surface area contributed by atoms with Crippen molar-refractivity contribution in [1.29, 1.82) is 0 Å². The largest absolute Gasteiger partial charge is 0.352 e. The quantitative estimate of drug-likeness (QED) is 0.931. The van der Waals surface area contributed by atoms with Gasteiger partial charge < -0.3 is 10.2 Å². The van der Waals surface area contributed by atoms with Crippen LogP contribution < -0.4 is 5.32 Å². The molecule has 5 heteroatoms. The van der Waals surface area contributed by atoms with Crippen molar-refractivity contribution in [1.82, 2.24) is 19.5 Å². The average Bonchev–Trinajstić information content (AvgIpc) is 2.82. The second-order valence-corrected chi connectivity index (χ2v) is 6.41. The number of nitrogens with zero attached hydrogens (tertiary/aromatic N) is 4. The summed E-state index contributed by atoms with van der Waals surface area (Å²) in [6.45, 7) is 7.72. The van der Waals surface area contributed by atoms with Crippen LogP contribution in [0.15, 0.2) is 18.3 Å². The molecule has 1 aliphatic rings. The van der Waals surface area contributed by atoms with Gasteiger partial charge in [0, 0.05) is 12.7 Å². The number of likely N-dealkylation sites (tertiary alicyclic amines) is 1. The molecule has 3 heterocycles. The number of nitrogens with one attached hydrogen (secondary N) is 1. The SMILES string of the molecule is Cc1ccn2nc(NCC3(C)CCN(C)CC3)nc2c1. The van der Waals surface area contributed by atoms with Gasteiger partial charge in [0.25, 0.3) is 0 Å². The van der Waals surface area contributed by atoms with Crippen molar-refractivity contribution in [3.8, 4) is 0 Å². The summed E-state index contributed by atoms with van der Waals surface area (Å²) in [6, 6.07) is 4.10. The van der Waals surface area contributed by atoms with E-state index in [1.165, 1.54) is 31.5 Å². The highest BCUT2D eigenvalue weighted by molar-refractivity contribution is 5.45. The molecule has 0 aromatic carbocycles. The lowest BCUT2D eigenvalue weighted by molar-refractivity contribution is 0.150. The van der Waals surface area contributed by atoms with Crippen molar-refractivity contribution in [3.05, 3.63) is 23.9 Å². The predicted molar refractivity (Wildman–Crippen MR) is 81.1 cm³/mol. The van der Waals surface area contributed by atoms with Gasteiger partial charge in [-0.1, -0.05) is 6.92 Å². The zero-order chi connectivity index (χ0) is 14.2. The van der Waals surface area contributed by atoms with Gasteiger partial charge in [-0.3, -0.25) is 0 Å². The van der Waals surface area contributed by atoms with Gasteiger partial charge >= 0.3 is 0 Å². The van der Waals surface area contributed by atoms with Crippen molar-refractivity contribution >= 4 is 11.6 Å². The molecule has 2 aromatic heterocycles. The van der Waals surface area contributed by atoms with E-state index in [4.69, 9.17) is 0 Å². The molecule has 1 N–H and O–H groups in total. The second-order valence-electron chi connectivity index (χ2n) is 6.41. The Hall–Kier alpha value is -1.62. The van der Waals surface area contributed by atoms with Crippen LogP contribution in [0.1, 0.15) is 25.3 Å². The smallest absolute Gasteiger partial charge is 0.243 e. The first-order chi connectivity index (χ1) is 9.54. The third-order valence-corrected chi connectivity index (χ3v) is 4.36. The Morgan fingerprint density at radius 2 is 2.10 bits per heavy atom. The number of piperidine rings is 1. The van der Waals surface area contributed by atoms with Gasteiger partial charge in [-0.05, 0) is 63.0 Å². The maximum atomic E-state index is 4.53. The lowest BCUT2D eigenvalue weighted by Crippen LogP contribution is -2.40. The number of fused-ring (bicyclic) bond motifs is 1. The molecule has 5 nitrogen and oxygen atoms in total. The van der Waals surface area contributed by atoms with E-state index in [1.807, 2.05) is 16.8 Å². The number of rotatable bonds is 3. The Kier molecular flexibility index (Phi) is 3.38. The number of aryl methyl sites for hydroxylation is 1. The lowest BCUT2D eigenvalue weighted by atomic mass is 9.80. The van der Waals surface area contributed by atoms with Crippen LogP contribution in [0.3, 0.4) is 0 Å². The molecule has 1 saturated heterocycles. The molecule has 0 atom stereocenters. The number of aromatic nitrogens is 3. The Bertz CT molecular complexity index is 595. The summed E-state index contributed by atoms with van der Waals surface area (Å²) in [6.07, 6.45) is 4.41. The first-order valence-corrected chi connectivity index (χ1v) is 7.30. The van der Waals surface area contributed by atoms with Gasteiger partial charge in [0.2, 0.25) is 5.95 Å². The Balaban J connectivity index is 1.67. The molecule has 1 fully saturated rings. The fraction of sp³-hybridized carbons (Fsp3) is 0.600. The number of hydrogen-bond acceptors (Lipinski definition) is 4. The minimum Gasteiger partial charge on any atom is -0.352 e. The van der Waals surface area contributed by atoms with Crippen LogP contribution in [0.25, 0.3) is 5.65 Å². The van der Waals surface area contributed by atoms with Crippen LogP contribution in [0.2, 0.25) is 0 Å².